The van der Waals surface area contributed by atoms with E-state index in [1.165, 1.54) is 12.2 Å². The van der Waals surface area contributed by atoms with Crippen LogP contribution in [0.2, 0.25) is 0 Å². The molecule has 0 N–H and O–H groups in total. The first-order valence-electron chi connectivity index (χ1n) is 5.37. The van der Waals surface area contributed by atoms with Crippen molar-refractivity contribution in [3.8, 4) is 0 Å². The van der Waals surface area contributed by atoms with Crippen LogP contribution >= 0.6 is 0 Å². The maximum absolute atomic E-state index is 11.5. The van der Waals surface area contributed by atoms with E-state index in [0.29, 0.717) is 25.0 Å². The molecule has 0 aromatic carbocycles. The van der Waals surface area contributed by atoms with Crippen LogP contribution in [-0.2, 0) is 9.53 Å². The highest BCUT2D eigenvalue weighted by atomic mass is 16.6. The molecule has 1 aliphatic carbocycles. The van der Waals surface area contributed by atoms with Crippen molar-refractivity contribution >= 4 is 5.97 Å². The Hall–Kier alpha value is -1.65. The molecule has 0 amide bonds. The van der Waals surface area contributed by atoms with Crippen LogP contribution in [0.5, 0.6) is 0 Å². The molecule has 0 saturated carbocycles. The first kappa shape index (κ1) is 12.4. The molecule has 0 aliphatic heterocycles. The van der Waals surface area contributed by atoms with E-state index in [9.17, 15) is 14.9 Å². The molecule has 88 valence electrons. The van der Waals surface area contributed by atoms with E-state index in [4.69, 9.17) is 4.74 Å². The van der Waals surface area contributed by atoms with Gasteiger partial charge in [0.2, 0.25) is 0 Å². The second-order valence-electron chi connectivity index (χ2n) is 3.58. The number of hydrogen-bond donors (Lipinski definition) is 0. The van der Waals surface area contributed by atoms with E-state index in [0.717, 1.165) is 12.8 Å². The number of unbranched alkanes of at least 4 members (excludes halogenated alkanes) is 1. The van der Waals surface area contributed by atoms with Crippen LogP contribution in [0.1, 0.15) is 32.6 Å². The lowest BCUT2D eigenvalue weighted by molar-refractivity contribution is -0.419. The summed E-state index contributed by atoms with van der Waals surface area (Å²) in [5.74, 6) is -0.430. The van der Waals surface area contributed by atoms with Crippen molar-refractivity contribution < 1.29 is 14.5 Å². The van der Waals surface area contributed by atoms with Gasteiger partial charge < -0.3 is 4.74 Å². The van der Waals surface area contributed by atoms with Crippen molar-refractivity contribution in [2.24, 2.45) is 0 Å². The highest BCUT2D eigenvalue weighted by Gasteiger charge is 2.19. The Morgan fingerprint density at radius 3 is 3.00 bits per heavy atom. The van der Waals surface area contributed by atoms with E-state index in [-0.39, 0.29) is 5.70 Å². The van der Waals surface area contributed by atoms with E-state index in [1.54, 1.807) is 0 Å². The third kappa shape index (κ3) is 3.49. The Kier molecular flexibility index (Phi) is 4.69. The number of allylic oxidation sites excluding steroid dienone is 2. The van der Waals surface area contributed by atoms with Gasteiger partial charge in [0.15, 0.2) is 0 Å². The van der Waals surface area contributed by atoms with Crippen molar-refractivity contribution in [2.45, 2.75) is 32.6 Å². The van der Waals surface area contributed by atoms with Gasteiger partial charge in [0.1, 0.15) is 0 Å². The van der Waals surface area contributed by atoms with Gasteiger partial charge in [-0.3, -0.25) is 10.1 Å². The molecule has 5 nitrogen and oxygen atoms in total. The number of nitrogens with zero attached hydrogens (tertiary/aromatic N) is 1. The molecule has 0 aromatic rings. The second kappa shape index (κ2) is 6.05. The largest absolute Gasteiger partial charge is 0.462 e. The summed E-state index contributed by atoms with van der Waals surface area (Å²) in [6, 6.07) is 0. The predicted molar refractivity (Wildman–Crippen MR) is 58.3 cm³/mol. The maximum Gasteiger partial charge on any atom is 0.334 e. The first-order chi connectivity index (χ1) is 7.65. The number of carbonyl (C=O) groups is 1. The molecule has 5 heteroatoms. The summed E-state index contributed by atoms with van der Waals surface area (Å²) in [6.45, 7) is 2.38. The lowest BCUT2D eigenvalue weighted by Crippen LogP contribution is -2.12. The first-order valence-corrected chi connectivity index (χ1v) is 5.37. The van der Waals surface area contributed by atoms with E-state index >= 15 is 0 Å². The zero-order valence-electron chi connectivity index (χ0n) is 9.27. The van der Waals surface area contributed by atoms with Crippen molar-refractivity contribution in [3.63, 3.8) is 0 Å². The molecule has 0 saturated heterocycles. The zero-order valence-corrected chi connectivity index (χ0v) is 9.27. The highest BCUT2D eigenvalue weighted by molar-refractivity contribution is 5.89. The summed E-state index contributed by atoms with van der Waals surface area (Å²) >= 11 is 0. The van der Waals surface area contributed by atoms with E-state index < -0.39 is 10.9 Å². The summed E-state index contributed by atoms with van der Waals surface area (Å²) in [7, 11) is 0. The Morgan fingerprint density at radius 2 is 2.38 bits per heavy atom. The SMILES string of the molecule is CCCCOC(=O)C1=CC([N+](=O)[O-])=CCC1. The molecule has 16 heavy (non-hydrogen) atoms. The van der Waals surface area contributed by atoms with Gasteiger partial charge in [-0.15, -0.1) is 0 Å². The van der Waals surface area contributed by atoms with Crippen molar-refractivity contribution in [1.82, 2.24) is 0 Å². The van der Waals surface area contributed by atoms with E-state index in [1.807, 2.05) is 6.92 Å². The molecule has 0 atom stereocenters. The van der Waals surface area contributed by atoms with Crippen LogP contribution in [-0.4, -0.2) is 17.5 Å². The quantitative estimate of drug-likeness (QED) is 0.311. The monoisotopic (exact) mass is 225 g/mol. The Balaban J connectivity index is 2.56. The van der Waals surface area contributed by atoms with Crippen LogP contribution in [0.25, 0.3) is 0 Å². The molecule has 0 spiro atoms. The van der Waals surface area contributed by atoms with Gasteiger partial charge in [-0.1, -0.05) is 13.3 Å². The average Bonchev–Trinajstić information content (AvgIpc) is 2.29. The summed E-state index contributed by atoms with van der Waals surface area (Å²) in [5, 5.41) is 10.5. The number of ether oxygens (including phenoxy) is 1. The number of nitro groups is 1. The van der Waals surface area contributed by atoms with Crippen LogP contribution in [0, 0.1) is 10.1 Å². The molecule has 0 aromatic heterocycles. The lowest BCUT2D eigenvalue weighted by Gasteiger charge is -2.09. The predicted octanol–water partition coefficient (Wildman–Crippen LogP) is 2.21. The highest BCUT2D eigenvalue weighted by Crippen LogP contribution is 2.18. The van der Waals surface area contributed by atoms with Crippen LogP contribution in [0.3, 0.4) is 0 Å². The van der Waals surface area contributed by atoms with Gasteiger partial charge >= 0.3 is 5.97 Å². The smallest absolute Gasteiger partial charge is 0.334 e. The van der Waals surface area contributed by atoms with Crippen molar-refractivity contribution in [2.75, 3.05) is 6.61 Å². The fraction of sp³-hybridized carbons (Fsp3) is 0.545. The van der Waals surface area contributed by atoms with Gasteiger partial charge in [-0.05, 0) is 25.3 Å². The van der Waals surface area contributed by atoms with Gasteiger partial charge in [0.25, 0.3) is 5.70 Å². The molecular formula is C11H15NO4. The number of hydrogen-bond acceptors (Lipinski definition) is 4. The number of esters is 1. The standard InChI is InChI=1S/C11H15NO4/c1-2-3-7-16-11(13)9-5-4-6-10(8-9)12(14)15/h6,8H,2-5,7H2,1H3. The normalized spacial score (nSPS) is 15.1. The average molecular weight is 225 g/mol. The fourth-order valence-corrected chi connectivity index (χ4v) is 1.38. The maximum atomic E-state index is 11.5. The fourth-order valence-electron chi connectivity index (χ4n) is 1.38. The van der Waals surface area contributed by atoms with Crippen molar-refractivity contribution in [3.05, 3.63) is 33.5 Å². The molecule has 0 bridgehead atoms. The molecular weight excluding hydrogens is 210 g/mol. The van der Waals surface area contributed by atoms with Gasteiger partial charge in [0, 0.05) is 11.6 Å². The van der Waals surface area contributed by atoms with Crippen LogP contribution in [0.4, 0.5) is 0 Å². The minimum Gasteiger partial charge on any atom is -0.462 e. The summed E-state index contributed by atoms with van der Waals surface area (Å²) in [6.07, 6.45) is 5.62. The van der Waals surface area contributed by atoms with E-state index in [2.05, 4.69) is 0 Å². The van der Waals surface area contributed by atoms with Crippen LogP contribution in [0.15, 0.2) is 23.4 Å². The Morgan fingerprint density at radius 1 is 1.62 bits per heavy atom. The zero-order chi connectivity index (χ0) is 12.0. The summed E-state index contributed by atoms with van der Waals surface area (Å²) in [4.78, 5) is 21.5. The molecule has 1 aliphatic rings. The topological polar surface area (TPSA) is 69.4 Å². The molecule has 0 fully saturated rings. The number of rotatable bonds is 5. The van der Waals surface area contributed by atoms with Gasteiger partial charge in [0.05, 0.1) is 11.5 Å². The summed E-state index contributed by atoms with van der Waals surface area (Å²) in [5.41, 5.74) is 0.374. The van der Waals surface area contributed by atoms with Gasteiger partial charge in [-0.2, -0.15) is 0 Å². The van der Waals surface area contributed by atoms with Crippen LogP contribution < -0.4 is 0 Å². The van der Waals surface area contributed by atoms with Gasteiger partial charge in [-0.25, -0.2) is 4.79 Å². The summed E-state index contributed by atoms with van der Waals surface area (Å²) < 4.78 is 4.99. The van der Waals surface area contributed by atoms with Crippen molar-refractivity contribution in [1.29, 1.82) is 0 Å². The Bertz CT molecular complexity index is 344. The minimum atomic E-state index is -0.488. The third-order valence-electron chi connectivity index (χ3n) is 2.29. The second-order valence-corrected chi connectivity index (χ2v) is 3.58. The molecule has 0 heterocycles. The molecule has 1 rings (SSSR count). The minimum absolute atomic E-state index is 0.0197. The lowest BCUT2D eigenvalue weighted by atomic mass is 10.0. The number of carbonyl (C=O) groups excluding carboxylic acids is 1. The molecule has 0 radical (unpaired) electrons. The Labute approximate surface area is 93.9 Å². The molecule has 0 unspecified atom stereocenters. The third-order valence-corrected chi connectivity index (χ3v) is 2.29.